The largest absolute Gasteiger partial charge is 0.326 e. The molecule has 0 aliphatic rings. The minimum Gasteiger partial charge on any atom is -0.326 e. The fourth-order valence-electron chi connectivity index (χ4n) is 1.11. The lowest BCUT2D eigenvalue weighted by Gasteiger charge is -2.04. The Kier molecular flexibility index (Phi) is 4.45. The number of hydrogen-bond acceptors (Lipinski definition) is 2. The molecule has 76 valence electrons. The van der Waals surface area contributed by atoms with Crippen LogP contribution in [0.4, 0.5) is 4.39 Å². The van der Waals surface area contributed by atoms with E-state index in [1.54, 1.807) is 6.07 Å². The van der Waals surface area contributed by atoms with Crippen molar-refractivity contribution in [1.82, 2.24) is 0 Å². The number of aryl methyl sites for hydroxylation is 1. The van der Waals surface area contributed by atoms with Crippen molar-refractivity contribution in [3.8, 4) is 0 Å². The predicted octanol–water partition coefficient (Wildman–Crippen LogP) is 2.74. The van der Waals surface area contributed by atoms with Crippen LogP contribution in [0.2, 0.25) is 5.02 Å². The Morgan fingerprint density at radius 1 is 1.50 bits per heavy atom. The fraction of sp³-hybridized carbons (Fsp3) is 0.300. The van der Waals surface area contributed by atoms with Gasteiger partial charge in [-0.15, -0.1) is 0 Å². The van der Waals surface area contributed by atoms with Crippen LogP contribution < -0.4 is 5.73 Å². The van der Waals surface area contributed by atoms with Gasteiger partial charge in [0.25, 0.3) is 0 Å². The van der Waals surface area contributed by atoms with Gasteiger partial charge in [-0.1, -0.05) is 23.8 Å². The third-order valence-corrected chi connectivity index (χ3v) is 2.65. The average Bonchev–Trinajstić information content (AvgIpc) is 2.19. The molecule has 0 radical (unpaired) electrons. The molecule has 2 N–H and O–H groups in total. The molecular weight excluding hydrogens is 221 g/mol. The van der Waals surface area contributed by atoms with Gasteiger partial charge in [-0.3, -0.25) is 0 Å². The van der Waals surface area contributed by atoms with E-state index in [2.05, 4.69) is 0 Å². The first-order valence-electron chi connectivity index (χ1n) is 4.29. The third kappa shape index (κ3) is 3.33. The maximum Gasteiger partial charge on any atom is 0.123 e. The van der Waals surface area contributed by atoms with Crippen LogP contribution in [0.1, 0.15) is 12.0 Å². The number of benzene rings is 1. The molecule has 4 heteroatoms. The first-order valence-corrected chi connectivity index (χ1v) is 5.08. The monoisotopic (exact) mass is 231 g/mol. The SMILES string of the molecule is NCC(=S)CCc1cc(F)ccc1Cl. The maximum absolute atomic E-state index is 12.8. The number of thiocarbonyl (C=S) groups is 1. The Hall–Kier alpha value is -0.510. The van der Waals surface area contributed by atoms with E-state index < -0.39 is 0 Å². The zero-order chi connectivity index (χ0) is 10.6. The van der Waals surface area contributed by atoms with Crippen molar-refractivity contribution >= 4 is 28.7 Å². The molecule has 0 heterocycles. The first-order chi connectivity index (χ1) is 6.63. The number of nitrogens with two attached hydrogens (primary N) is 1. The van der Waals surface area contributed by atoms with Crippen LogP contribution >= 0.6 is 23.8 Å². The van der Waals surface area contributed by atoms with Crippen LogP contribution in [0.15, 0.2) is 18.2 Å². The van der Waals surface area contributed by atoms with Gasteiger partial charge in [0.05, 0.1) is 0 Å². The van der Waals surface area contributed by atoms with E-state index >= 15 is 0 Å². The van der Waals surface area contributed by atoms with Crippen LogP contribution in [0, 0.1) is 5.82 Å². The lowest BCUT2D eigenvalue weighted by Crippen LogP contribution is -2.11. The number of hydrogen-bond donors (Lipinski definition) is 1. The second-order valence-electron chi connectivity index (χ2n) is 2.98. The summed E-state index contributed by atoms with van der Waals surface area (Å²) in [6.07, 6.45) is 1.32. The molecule has 14 heavy (non-hydrogen) atoms. The van der Waals surface area contributed by atoms with Crippen LogP contribution in [0.25, 0.3) is 0 Å². The van der Waals surface area contributed by atoms with Crippen LogP contribution in [0.5, 0.6) is 0 Å². The Morgan fingerprint density at radius 3 is 2.86 bits per heavy atom. The normalized spacial score (nSPS) is 10.2. The molecule has 0 atom stereocenters. The van der Waals surface area contributed by atoms with Crippen molar-refractivity contribution in [2.24, 2.45) is 5.73 Å². The summed E-state index contributed by atoms with van der Waals surface area (Å²) in [7, 11) is 0. The van der Waals surface area contributed by atoms with Crippen LogP contribution in [-0.2, 0) is 6.42 Å². The van der Waals surface area contributed by atoms with Crippen molar-refractivity contribution in [2.75, 3.05) is 6.54 Å². The summed E-state index contributed by atoms with van der Waals surface area (Å²) in [6, 6.07) is 4.33. The lowest BCUT2D eigenvalue weighted by atomic mass is 10.1. The van der Waals surface area contributed by atoms with Crippen molar-refractivity contribution in [2.45, 2.75) is 12.8 Å². The van der Waals surface area contributed by atoms with E-state index in [1.165, 1.54) is 12.1 Å². The molecule has 0 spiro atoms. The summed E-state index contributed by atoms with van der Waals surface area (Å²) < 4.78 is 12.8. The summed E-state index contributed by atoms with van der Waals surface area (Å²) in [5.41, 5.74) is 6.14. The van der Waals surface area contributed by atoms with E-state index in [1.807, 2.05) is 0 Å². The fourth-order valence-corrected chi connectivity index (χ4v) is 1.43. The molecule has 1 rings (SSSR count). The van der Waals surface area contributed by atoms with Gasteiger partial charge < -0.3 is 5.73 Å². The first kappa shape index (κ1) is 11.6. The molecule has 0 aliphatic carbocycles. The molecule has 1 nitrogen and oxygen atoms in total. The summed E-state index contributed by atoms with van der Waals surface area (Å²) in [5, 5.41) is 0.575. The second-order valence-corrected chi connectivity index (χ2v) is 3.96. The summed E-state index contributed by atoms with van der Waals surface area (Å²) in [5.74, 6) is -0.275. The van der Waals surface area contributed by atoms with Crippen molar-refractivity contribution in [1.29, 1.82) is 0 Å². The molecule has 1 aromatic carbocycles. The molecule has 0 fully saturated rings. The molecule has 0 saturated carbocycles. The Balaban J connectivity index is 2.66. The predicted molar refractivity (Wildman–Crippen MR) is 61.4 cm³/mol. The quantitative estimate of drug-likeness (QED) is 0.807. The molecule has 0 aromatic heterocycles. The smallest absolute Gasteiger partial charge is 0.123 e. The van der Waals surface area contributed by atoms with Gasteiger partial charge in [0.1, 0.15) is 5.82 Å². The van der Waals surface area contributed by atoms with Gasteiger partial charge in [0, 0.05) is 16.4 Å². The molecular formula is C10H11ClFNS. The highest BCUT2D eigenvalue weighted by molar-refractivity contribution is 7.80. The van der Waals surface area contributed by atoms with E-state index in [0.717, 1.165) is 10.4 Å². The summed E-state index contributed by atoms with van der Waals surface area (Å²) in [4.78, 5) is 0.783. The van der Waals surface area contributed by atoms with E-state index in [4.69, 9.17) is 29.6 Å². The van der Waals surface area contributed by atoms with E-state index in [9.17, 15) is 4.39 Å². The highest BCUT2D eigenvalue weighted by Crippen LogP contribution is 2.18. The molecule has 0 aliphatic heterocycles. The number of halogens is 2. The molecule has 0 amide bonds. The van der Waals surface area contributed by atoms with E-state index in [0.29, 0.717) is 24.4 Å². The van der Waals surface area contributed by atoms with Gasteiger partial charge in [0.2, 0.25) is 0 Å². The maximum atomic E-state index is 12.8. The van der Waals surface area contributed by atoms with Gasteiger partial charge in [-0.25, -0.2) is 4.39 Å². The topological polar surface area (TPSA) is 26.0 Å². The molecule has 0 saturated heterocycles. The second kappa shape index (κ2) is 5.39. The van der Waals surface area contributed by atoms with Crippen molar-refractivity contribution in [3.63, 3.8) is 0 Å². The minimum absolute atomic E-state index is 0.275. The lowest BCUT2D eigenvalue weighted by molar-refractivity contribution is 0.625. The summed E-state index contributed by atoms with van der Waals surface area (Å²) in [6.45, 7) is 0.391. The van der Waals surface area contributed by atoms with Crippen molar-refractivity contribution < 1.29 is 4.39 Å². The van der Waals surface area contributed by atoms with Gasteiger partial charge in [-0.2, -0.15) is 0 Å². The minimum atomic E-state index is -0.275. The average molecular weight is 232 g/mol. The molecule has 1 aromatic rings. The van der Waals surface area contributed by atoms with Gasteiger partial charge >= 0.3 is 0 Å². The van der Waals surface area contributed by atoms with Gasteiger partial charge in [0.15, 0.2) is 0 Å². The van der Waals surface area contributed by atoms with E-state index in [-0.39, 0.29) is 5.82 Å². The van der Waals surface area contributed by atoms with Crippen LogP contribution in [0.3, 0.4) is 0 Å². The molecule has 0 unspecified atom stereocenters. The highest BCUT2D eigenvalue weighted by atomic mass is 35.5. The summed E-state index contributed by atoms with van der Waals surface area (Å²) >= 11 is 10.9. The zero-order valence-electron chi connectivity index (χ0n) is 7.59. The Morgan fingerprint density at radius 2 is 2.21 bits per heavy atom. The Bertz CT molecular complexity index is 341. The molecule has 0 bridgehead atoms. The van der Waals surface area contributed by atoms with Crippen molar-refractivity contribution in [3.05, 3.63) is 34.6 Å². The zero-order valence-corrected chi connectivity index (χ0v) is 9.17. The standard InChI is InChI=1S/C10H11ClFNS/c11-10-4-2-8(12)5-7(10)1-3-9(14)6-13/h2,4-5H,1,3,6,13H2. The number of rotatable bonds is 4. The van der Waals surface area contributed by atoms with Gasteiger partial charge in [-0.05, 0) is 36.6 Å². The third-order valence-electron chi connectivity index (χ3n) is 1.91. The Labute approximate surface area is 93.1 Å². The highest BCUT2D eigenvalue weighted by Gasteiger charge is 2.03. The van der Waals surface area contributed by atoms with Crippen LogP contribution in [-0.4, -0.2) is 11.4 Å².